The van der Waals surface area contributed by atoms with Crippen LogP contribution in [0.2, 0.25) is 5.02 Å². The predicted molar refractivity (Wildman–Crippen MR) is 160 cm³/mol. The fourth-order valence-corrected chi connectivity index (χ4v) is 7.16. The minimum Gasteiger partial charge on any atom is -0.489 e. The molecular formula is C26H20ClF3I2N2O4S. The first-order valence-electron chi connectivity index (χ1n) is 11.5. The van der Waals surface area contributed by atoms with E-state index in [9.17, 15) is 22.8 Å². The van der Waals surface area contributed by atoms with E-state index in [1.54, 1.807) is 6.08 Å². The highest BCUT2D eigenvalue weighted by molar-refractivity contribution is 14.1. The average Bonchev–Trinajstić information content (AvgIpc) is 3.15. The Kier molecular flexibility index (Phi) is 9.18. The fourth-order valence-electron chi connectivity index (χ4n) is 3.96. The molecule has 206 valence electrons. The number of hydrogen-bond acceptors (Lipinski definition) is 6. The van der Waals surface area contributed by atoms with Gasteiger partial charge in [0.2, 0.25) is 0 Å². The van der Waals surface area contributed by atoms with Gasteiger partial charge < -0.3 is 9.47 Å². The third-order valence-corrected chi connectivity index (χ3v) is 8.29. The summed E-state index contributed by atoms with van der Waals surface area (Å²) in [5.41, 5.74) is -1.83. The molecule has 1 aromatic heterocycles. The molecule has 0 saturated carbocycles. The second-order valence-electron chi connectivity index (χ2n) is 8.60. The van der Waals surface area contributed by atoms with Gasteiger partial charge >= 0.3 is 12.1 Å². The Morgan fingerprint density at radius 2 is 1.82 bits per heavy atom. The van der Waals surface area contributed by atoms with Crippen molar-refractivity contribution in [1.29, 1.82) is 0 Å². The lowest BCUT2D eigenvalue weighted by Gasteiger charge is -2.26. The quantitative estimate of drug-likeness (QED) is 0.227. The SMILES string of the molecule is CCOC(=O)C1=C(C(F)(F)F)N=c2s/c(=C\c3cc(I)c(OC(C)C)c(I)c3)c(=O)n2[C@H]1c1ccc(Cl)cc1. The van der Waals surface area contributed by atoms with Gasteiger partial charge in [0.05, 0.1) is 36.0 Å². The van der Waals surface area contributed by atoms with Crippen molar-refractivity contribution in [3.05, 3.63) is 90.6 Å². The molecule has 0 amide bonds. The maximum atomic E-state index is 14.2. The lowest BCUT2D eigenvalue weighted by Crippen LogP contribution is -2.41. The van der Waals surface area contributed by atoms with E-state index in [-0.39, 0.29) is 27.6 Å². The molecule has 0 bridgehead atoms. The molecule has 0 saturated heterocycles. The third-order valence-electron chi connectivity index (χ3n) is 5.45. The van der Waals surface area contributed by atoms with Gasteiger partial charge in [0.1, 0.15) is 5.75 Å². The van der Waals surface area contributed by atoms with Gasteiger partial charge in [0.15, 0.2) is 10.5 Å². The smallest absolute Gasteiger partial charge is 0.434 e. The van der Waals surface area contributed by atoms with Gasteiger partial charge in [-0.15, -0.1) is 0 Å². The summed E-state index contributed by atoms with van der Waals surface area (Å²) < 4.78 is 56.4. The van der Waals surface area contributed by atoms with Crippen LogP contribution in [0.1, 0.15) is 37.9 Å². The molecule has 6 nitrogen and oxygen atoms in total. The van der Waals surface area contributed by atoms with Crippen LogP contribution in [0, 0.1) is 7.14 Å². The van der Waals surface area contributed by atoms with Gasteiger partial charge in [0, 0.05) is 5.02 Å². The zero-order chi connectivity index (χ0) is 28.6. The average molecular weight is 803 g/mol. The number of nitrogens with zero attached hydrogens (tertiary/aromatic N) is 2. The van der Waals surface area contributed by atoms with Gasteiger partial charge in [-0.05, 0) is 107 Å². The van der Waals surface area contributed by atoms with Crippen molar-refractivity contribution in [3.8, 4) is 5.75 Å². The van der Waals surface area contributed by atoms with E-state index < -0.39 is 35.0 Å². The molecular weight excluding hydrogens is 783 g/mol. The number of halogens is 6. The first-order valence-corrected chi connectivity index (χ1v) is 14.9. The van der Waals surface area contributed by atoms with Crippen LogP contribution in [0.5, 0.6) is 5.75 Å². The summed E-state index contributed by atoms with van der Waals surface area (Å²) in [7, 11) is 0. The Hall–Kier alpha value is -1.91. The number of esters is 1. The molecule has 2 heterocycles. The topological polar surface area (TPSA) is 69.9 Å². The first-order chi connectivity index (χ1) is 18.3. The van der Waals surface area contributed by atoms with E-state index in [1.165, 1.54) is 31.2 Å². The number of carbonyl (C=O) groups is 1. The number of ether oxygens (including phenoxy) is 2. The first kappa shape index (κ1) is 30.1. The van der Waals surface area contributed by atoms with Crippen molar-refractivity contribution in [2.24, 2.45) is 4.99 Å². The molecule has 0 aliphatic carbocycles. The number of thiazole rings is 1. The fraction of sp³-hybridized carbons (Fsp3) is 0.269. The summed E-state index contributed by atoms with van der Waals surface area (Å²) >= 11 is 11.1. The molecule has 0 fully saturated rings. The number of allylic oxidation sites excluding steroid dienone is 1. The predicted octanol–water partition coefficient (Wildman–Crippen LogP) is 5.99. The van der Waals surface area contributed by atoms with Gasteiger partial charge in [-0.1, -0.05) is 35.1 Å². The van der Waals surface area contributed by atoms with Crippen LogP contribution in [0.25, 0.3) is 6.08 Å². The highest BCUT2D eigenvalue weighted by Gasteiger charge is 2.45. The second-order valence-corrected chi connectivity index (χ2v) is 12.4. The van der Waals surface area contributed by atoms with Crippen LogP contribution in [0.15, 0.2) is 57.5 Å². The molecule has 13 heteroatoms. The molecule has 0 spiro atoms. The molecule has 3 aromatic rings. The largest absolute Gasteiger partial charge is 0.489 e. The van der Waals surface area contributed by atoms with E-state index in [0.717, 1.165) is 23.0 Å². The van der Waals surface area contributed by atoms with Gasteiger partial charge in [-0.3, -0.25) is 9.36 Å². The van der Waals surface area contributed by atoms with Gasteiger partial charge in [-0.2, -0.15) is 13.2 Å². The minimum absolute atomic E-state index is 0.0362. The van der Waals surface area contributed by atoms with Crippen molar-refractivity contribution in [3.63, 3.8) is 0 Å². The highest BCUT2D eigenvalue weighted by atomic mass is 127. The monoisotopic (exact) mass is 802 g/mol. The Labute approximate surface area is 257 Å². The van der Waals surface area contributed by atoms with Crippen molar-refractivity contribution >= 4 is 80.2 Å². The van der Waals surface area contributed by atoms with Crippen LogP contribution < -0.4 is 19.6 Å². The van der Waals surface area contributed by atoms with Crippen LogP contribution in [0.4, 0.5) is 13.2 Å². The van der Waals surface area contributed by atoms with E-state index >= 15 is 0 Å². The maximum absolute atomic E-state index is 14.2. The zero-order valence-corrected chi connectivity index (χ0v) is 26.5. The number of fused-ring (bicyclic) bond motifs is 1. The summed E-state index contributed by atoms with van der Waals surface area (Å²) in [6, 6.07) is 8.13. The highest BCUT2D eigenvalue weighted by Crippen LogP contribution is 2.38. The Morgan fingerprint density at radius 1 is 1.21 bits per heavy atom. The Bertz CT molecular complexity index is 1620. The normalized spacial score (nSPS) is 15.8. The standard InChI is InChI=1S/C26H20ClF3I2N2O4S/c1-4-37-24(36)19-20(14-5-7-15(27)8-6-14)34-23(35)18(39-25(34)33-22(19)26(28,29)30)11-13-9-16(31)21(17(32)10-13)38-12(2)3/h5-12,20H,4H2,1-3H3/b18-11-/t20-/m0/s1. The summed E-state index contributed by atoms with van der Waals surface area (Å²) in [5, 5.41) is 0.345. The van der Waals surface area contributed by atoms with Crippen molar-refractivity contribution < 1.29 is 27.4 Å². The minimum atomic E-state index is -4.97. The lowest BCUT2D eigenvalue weighted by atomic mass is 9.95. The van der Waals surface area contributed by atoms with E-state index in [0.29, 0.717) is 16.3 Å². The van der Waals surface area contributed by atoms with Crippen molar-refractivity contribution in [2.75, 3.05) is 6.61 Å². The van der Waals surface area contributed by atoms with Crippen molar-refractivity contribution in [2.45, 2.75) is 39.1 Å². The molecule has 1 atom stereocenters. The summed E-state index contributed by atoms with van der Waals surface area (Å²) in [6.45, 7) is 5.16. The van der Waals surface area contributed by atoms with E-state index in [4.69, 9.17) is 21.1 Å². The number of hydrogen-bond donors (Lipinski definition) is 0. The zero-order valence-electron chi connectivity index (χ0n) is 20.6. The lowest BCUT2D eigenvalue weighted by molar-refractivity contribution is -0.140. The molecule has 1 aliphatic rings. The number of carbonyl (C=O) groups excluding carboxylic acids is 1. The number of benzene rings is 2. The maximum Gasteiger partial charge on any atom is 0.434 e. The number of rotatable bonds is 6. The van der Waals surface area contributed by atoms with E-state index in [1.807, 2.05) is 26.0 Å². The molecule has 39 heavy (non-hydrogen) atoms. The third kappa shape index (κ3) is 6.38. The molecule has 0 N–H and O–H groups in total. The van der Waals surface area contributed by atoms with Crippen LogP contribution in [0.3, 0.4) is 0 Å². The van der Waals surface area contributed by atoms with Crippen molar-refractivity contribution in [1.82, 2.24) is 4.57 Å². The van der Waals surface area contributed by atoms with Gasteiger partial charge in [-0.25, -0.2) is 9.79 Å². The molecule has 2 aromatic carbocycles. The van der Waals surface area contributed by atoms with Crippen LogP contribution in [-0.2, 0) is 9.53 Å². The summed E-state index contributed by atoms with van der Waals surface area (Å²) in [4.78, 5) is 30.2. The molecule has 1 aliphatic heterocycles. The van der Waals surface area contributed by atoms with Crippen LogP contribution in [-0.4, -0.2) is 29.4 Å². The summed E-state index contributed by atoms with van der Waals surface area (Å²) in [6.07, 6.45) is -3.42. The molecule has 0 radical (unpaired) electrons. The van der Waals surface area contributed by atoms with Gasteiger partial charge in [0.25, 0.3) is 5.56 Å². The number of alkyl halides is 3. The van der Waals surface area contributed by atoms with Crippen LogP contribution >= 0.6 is 68.1 Å². The summed E-state index contributed by atoms with van der Waals surface area (Å²) in [5.74, 6) is -0.492. The second kappa shape index (κ2) is 11.9. The van der Waals surface area contributed by atoms with E-state index in [2.05, 4.69) is 50.2 Å². The Morgan fingerprint density at radius 3 is 2.36 bits per heavy atom. The molecule has 4 rings (SSSR count). The Balaban J connectivity index is 1.99. The molecule has 0 unspecified atom stereocenters. The number of aromatic nitrogens is 1.